The minimum absolute atomic E-state index is 0. The van der Waals surface area contributed by atoms with Gasteiger partial charge in [0.2, 0.25) is 0 Å². The van der Waals surface area contributed by atoms with Crippen LogP contribution in [0.5, 0.6) is 0 Å². The fourth-order valence-electron chi connectivity index (χ4n) is 3.70. The summed E-state index contributed by atoms with van der Waals surface area (Å²) < 4.78 is 0. The fourth-order valence-corrected chi connectivity index (χ4v) is 3.70. The van der Waals surface area contributed by atoms with Crippen LogP contribution in [0.25, 0.3) is 21.9 Å². The summed E-state index contributed by atoms with van der Waals surface area (Å²) in [5.74, 6) is 0. The number of fused-ring (bicyclic) bond motifs is 1. The van der Waals surface area contributed by atoms with Crippen molar-refractivity contribution in [3.63, 3.8) is 0 Å². The van der Waals surface area contributed by atoms with Crippen LogP contribution < -0.4 is 24.8 Å². The summed E-state index contributed by atoms with van der Waals surface area (Å²) in [6, 6.07) is 21.4. The van der Waals surface area contributed by atoms with Gasteiger partial charge >= 0.3 is 26.2 Å². The zero-order valence-corrected chi connectivity index (χ0v) is 22.0. The topological polar surface area (TPSA) is 0 Å². The summed E-state index contributed by atoms with van der Waals surface area (Å²) in [6.07, 6.45) is 3.44. The number of allylic oxidation sites excluding steroid dienone is 4. The molecule has 29 heavy (non-hydrogen) atoms. The number of rotatable bonds is 1. The molecule has 0 amide bonds. The van der Waals surface area contributed by atoms with E-state index in [1.807, 2.05) is 0 Å². The molecule has 0 heterocycles. The van der Waals surface area contributed by atoms with Crippen LogP contribution in [0.3, 0.4) is 0 Å². The Kier molecular flexibility index (Phi) is 11.0. The molecule has 0 radical (unpaired) electrons. The van der Waals surface area contributed by atoms with Crippen LogP contribution in [0.1, 0.15) is 40.2 Å². The van der Waals surface area contributed by atoms with Crippen LogP contribution in [0, 0.1) is 18.4 Å². The Morgan fingerprint density at radius 2 is 1.38 bits per heavy atom. The van der Waals surface area contributed by atoms with Gasteiger partial charge in [0.1, 0.15) is 0 Å². The summed E-state index contributed by atoms with van der Waals surface area (Å²) >= 11 is 0. The molecular weight excluding hydrogens is 474 g/mol. The van der Waals surface area contributed by atoms with Gasteiger partial charge in [-0.1, -0.05) is 94.1 Å². The SMILES string of the molecule is CC1=[C-]C(C)(C)C(C)=C1C.C[c-]1c(-c2ccccc2)cc2ccccc21.[Cl-].[Cl-].[Zr+4]. The Hall–Kier alpha value is -1.01. The van der Waals surface area contributed by atoms with Crippen molar-refractivity contribution in [2.45, 2.75) is 41.5 Å². The Labute approximate surface area is 207 Å². The third-order valence-electron chi connectivity index (χ3n) is 5.72. The van der Waals surface area contributed by atoms with Gasteiger partial charge in [0.05, 0.1) is 0 Å². The van der Waals surface area contributed by atoms with Gasteiger partial charge in [-0.2, -0.15) is 11.1 Å². The monoisotopic (exact) mass is 500 g/mol. The molecule has 0 fully saturated rings. The van der Waals surface area contributed by atoms with Crippen LogP contribution in [0.15, 0.2) is 77.4 Å². The molecule has 3 heteroatoms. The predicted molar refractivity (Wildman–Crippen MR) is 114 cm³/mol. The van der Waals surface area contributed by atoms with Crippen LogP contribution in [-0.4, -0.2) is 0 Å². The van der Waals surface area contributed by atoms with Crippen molar-refractivity contribution in [1.82, 2.24) is 0 Å². The average Bonchev–Trinajstić information content (AvgIpc) is 3.06. The molecule has 0 unspecified atom stereocenters. The van der Waals surface area contributed by atoms with Crippen LogP contribution in [-0.2, 0) is 26.2 Å². The third-order valence-corrected chi connectivity index (χ3v) is 5.72. The van der Waals surface area contributed by atoms with E-state index >= 15 is 0 Å². The second-order valence-corrected chi connectivity index (χ2v) is 7.76. The van der Waals surface area contributed by atoms with Gasteiger partial charge in [-0.05, 0) is 0 Å². The molecule has 0 N–H and O–H groups in total. The Balaban J connectivity index is 0.000000535. The Morgan fingerprint density at radius 1 is 0.828 bits per heavy atom. The van der Waals surface area contributed by atoms with Gasteiger partial charge in [0.25, 0.3) is 0 Å². The van der Waals surface area contributed by atoms with Crippen LogP contribution in [0.2, 0.25) is 0 Å². The first-order valence-electron chi connectivity index (χ1n) is 9.32. The number of halogens is 2. The van der Waals surface area contributed by atoms with Gasteiger partial charge in [-0.15, -0.1) is 41.0 Å². The summed E-state index contributed by atoms with van der Waals surface area (Å²) in [5.41, 5.74) is 8.42. The number of hydrogen-bond donors (Lipinski definition) is 0. The maximum atomic E-state index is 3.44. The third kappa shape index (κ3) is 6.00. The predicted octanol–water partition coefficient (Wildman–Crippen LogP) is 1.65. The second kappa shape index (κ2) is 11.4. The van der Waals surface area contributed by atoms with Gasteiger partial charge in [-0.25, -0.2) is 5.57 Å². The molecule has 0 atom stereocenters. The van der Waals surface area contributed by atoms with Crippen molar-refractivity contribution in [2.75, 3.05) is 0 Å². The largest absolute Gasteiger partial charge is 4.00 e. The molecule has 0 nitrogen and oxygen atoms in total. The molecular formula is C26H28Cl2Zr. The van der Waals surface area contributed by atoms with E-state index in [9.17, 15) is 0 Å². The maximum absolute atomic E-state index is 3.44. The second-order valence-electron chi connectivity index (χ2n) is 7.76. The molecule has 1 aliphatic carbocycles. The van der Waals surface area contributed by atoms with Crippen molar-refractivity contribution < 1.29 is 51.0 Å². The number of aryl methyl sites for hydroxylation is 1. The van der Waals surface area contributed by atoms with Crippen molar-refractivity contribution in [2.24, 2.45) is 5.41 Å². The van der Waals surface area contributed by atoms with E-state index in [0.717, 1.165) is 0 Å². The van der Waals surface area contributed by atoms with E-state index in [4.69, 9.17) is 0 Å². The molecule has 0 saturated carbocycles. The number of benzene rings is 2. The van der Waals surface area contributed by atoms with Crippen molar-refractivity contribution in [3.05, 3.63) is 89.0 Å². The molecule has 3 aromatic carbocycles. The fraction of sp³-hybridized carbons (Fsp3) is 0.269. The zero-order chi connectivity index (χ0) is 18.9. The quantitative estimate of drug-likeness (QED) is 0.444. The maximum Gasteiger partial charge on any atom is 4.00 e. The molecule has 3 aromatic rings. The Morgan fingerprint density at radius 3 is 1.83 bits per heavy atom. The smallest absolute Gasteiger partial charge is 1.00 e. The van der Waals surface area contributed by atoms with Gasteiger partial charge in [0, 0.05) is 0 Å². The van der Waals surface area contributed by atoms with Gasteiger partial charge in [-0.3, -0.25) is 6.08 Å². The summed E-state index contributed by atoms with van der Waals surface area (Å²) in [6.45, 7) is 13.1. The molecule has 4 rings (SSSR count). The van der Waals surface area contributed by atoms with Gasteiger partial charge < -0.3 is 24.8 Å². The molecule has 150 valence electrons. The summed E-state index contributed by atoms with van der Waals surface area (Å²) in [4.78, 5) is 0. The van der Waals surface area contributed by atoms with E-state index in [1.54, 1.807) is 0 Å². The van der Waals surface area contributed by atoms with Crippen LogP contribution >= 0.6 is 0 Å². The van der Waals surface area contributed by atoms with E-state index in [2.05, 4.69) is 108 Å². The van der Waals surface area contributed by atoms with E-state index in [-0.39, 0.29) is 56.4 Å². The van der Waals surface area contributed by atoms with E-state index in [1.165, 1.54) is 44.2 Å². The molecule has 1 aliphatic rings. The number of hydrogen-bond acceptors (Lipinski definition) is 0. The van der Waals surface area contributed by atoms with Crippen molar-refractivity contribution in [3.8, 4) is 11.1 Å². The summed E-state index contributed by atoms with van der Waals surface area (Å²) in [7, 11) is 0. The first-order valence-corrected chi connectivity index (χ1v) is 9.32. The minimum Gasteiger partial charge on any atom is -1.00 e. The molecule has 0 aromatic heterocycles. The van der Waals surface area contributed by atoms with Crippen molar-refractivity contribution >= 4 is 10.8 Å². The average molecular weight is 503 g/mol. The first-order chi connectivity index (χ1) is 12.3. The minimum atomic E-state index is 0. The van der Waals surface area contributed by atoms with Crippen LogP contribution in [0.4, 0.5) is 0 Å². The van der Waals surface area contributed by atoms with Crippen molar-refractivity contribution in [1.29, 1.82) is 0 Å². The Bertz CT molecular complexity index is 992. The summed E-state index contributed by atoms with van der Waals surface area (Å²) in [5, 5.41) is 2.69. The van der Waals surface area contributed by atoms with E-state index in [0.29, 0.717) is 0 Å². The molecule has 0 aliphatic heterocycles. The normalized spacial score (nSPS) is 14.1. The zero-order valence-electron chi connectivity index (χ0n) is 18.0. The first kappa shape index (κ1) is 28.0. The van der Waals surface area contributed by atoms with E-state index < -0.39 is 0 Å². The van der Waals surface area contributed by atoms with Gasteiger partial charge in [0.15, 0.2) is 0 Å². The molecule has 0 spiro atoms. The molecule has 0 bridgehead atoms. The standard InChI is InChI=1S/C16H13.C10H15.2ClH.Zr/c1-12-15-10-6-5-9-14(15)11-16(12)13-7-3-2-4-8-13;1-7-6-10(4,5)9(3)8(7)2;;;/h2-11H,1H3;1-5H3;2*1H;/q2*-1;;;+4/p-2. The molecule has 0 saturated heterocycles.